The van der Waals surface area contributed by atoms with Crippen molar-refractivity contribution < 1.29 is 14.2 Å². The van der Waals surface area contributed by atoms with Gasteiger partial charge < -0.3 is 14.2 Å². The van der Waals surface area contributed by atoms with E-state index in [1.54, 1.807) is 0 Å². The third kappa shape index (κ3) is 9.95. The zero-order chi connectivity index (χ0) is 15.2. The van der Waals surface area contributed by atoms with E-state index in [4.69, 9.17) is 20.6 Å². The molecule has 3 heteroatoms. The first-order valence-corrected chi connectivity index (χ1v) is 7.61. The van der Waals surface area contributed by atoms with E-state index in [1.807, 2.05) is 12.1 Å². The van der Waals surface area contributed by atoms with Crippen LogP contribution in [0.25, 0.3) is 0 Å². The molecule has 1 aromatic carbocycles. The molecule has 0 aliphatic heterocycles. The second-order valence-corrected chi connectivity index (χ2v) is 4.94. The molecule has 3 nitrogen and oxygen atoms in total. The van der Waals surface area contributed by atoms with Gasteiger partial charge in [0.1, 0.15) is 12.4 Å². The Hall–Kier alpha value is -1.50. The monoisotopic (exact) mass is 290 g/mol. The lowest BCUT2D eigenvalue weighted by Gasteiger charge is -2.07. The zero-order valence-electron chi connectivity index (χ0n) is 13.0. The first-order valence-electron chi connectivity index (χ1n) is 7.61. The highest BCUT2D eigenvalue weighted by molar-refractivity contribution is 5.26. The summed E-state index contributed by atoms with van der Waals surface area (Å²) in [5.41, 5.74) is 1.25. The van der Waals surface area contributed by atoms with Gasteiger partial charge in [0, 0.05) is 19.8 Å². The maximum Gasteiger partial charge on any atom is 0.119 e. The van der Waals surface area contributed by atoms with Crippen LogP contribution in [0.2, 0.25) is 0 Å². The molecule has 0 atom stereocenters. The zero-order valence-corrected chi connectivity index (χ0v) is 13.0. The van der Waals surface area contributed by atoms with Crippen LogP contribution in [0.5, 0.6) is 5.75 Å². The minimum absolute atomic E-state index is 0.405. The van der Waals surface area contributed by atoms with Crippen molar-refractivity contribution in [2.45, 2.75) is 32.6 Å². The number of rotatable bonds is 12. The molecule has 0 aromatic heterocycles. The Labute approximate surface area is 128 Å². The first kappa shape index (κ1) is 17.6. The van der Waals surface area contributed by atoms with E-state index in [9.17, 15) is 0 Å². The van der Waals surface area contributed by atoms with Gasteiger partial charge in [-0.1, -0.05) is 23.6 Å². The normalized spacial score (nSPS) is 10.3. The van der Waals surface area contributed by atoms with Gasteiger partial charge >= 0.3 is 0 Å². The Kier molecular flexibility index (Phi) is 10.2. The van der Waals surface area contributed by atoms with Crippen LogP contribution in [0.3, 0.4) is 0 Å². The largest absolute Gasteiger partial charge is 0.494 e. The number of aryl methyl sites for hydroxylation is 1. The van der Waals surface area contributed by atoms with E-state index >= 15 is 0 Å². The fourth-order valence-corrected chi connectivity index (χ4v) is 1.77. The molecule has 0 saturated carbocycles. The fourth-order valence-electron chi connectivity index (χ4n) is 1.77. The van der Waals surface area contributed by atoms with Gasteiger partial charge in [-0.05, 0) is 44.7 Å². The molecule has 1 rings (SSSR count). The summed E-state index contributed by atoms with van der Waals surface area (Å²) in [5, 5.41) is 0. The van der Waals surface area contributed by atoms with Gasteiger partial charge in [0.25, 0.3) is 0 Å². The smallest absolute Gasteiger partial charge is 0.119 e. The summed E-state index contributed by atoms with van der Waals surface area (Å²) in [5.74, 6) is 3.39. The molecule has 0 saturated heterocycles. The molecule has 0 bridgehead atoms. The lowest BCUT2D eigenvalue weighted by Crippen LogP contribution is -2.03. The van der Waals surface area contributed by atoms with Crippen molar-refractivity contribution in [3.63, 3.8) is 0 Å². The van der Waals surface area contributed by atoms with Crippen molar-refractivity contribution in [3.05, 3.63) is 29.8 Å². The lowest BCUT2D eigenvalue weighted by molar-refractivity contribution is 0.109. The van der Waals surface area contributed by atoms with Crippen molar-refractivity contribution in [1.29, 1.82) is 0 Å². The van der Waals surface area contributed by atoms with Crippen LogP contribution < -0.4 is 4.74 Å². The van der Waals surface area contributed by atoms with Crippen LogP contribution in [0.1, 0.15) is 31.2 Å². The second-order valence-electron chi connectivity index (χ2n) is 4.94. The van der Waals surface area contributed by atoms with Crippen molar-refractivity contribution in [2.24, 2.45) is 0 Å². The van der Waals surface area contributed by atoms with Crippen LogP contribution in [0.15, 0.2) is 24.3 Å². The summed E-state index contributed by atoms with van der Waals surface area (Å²) in [4.78, 5) is 0. The highest BCUT2D eigenvalue weighted by atomic mass is 16.5. The van der Waals surface area contributed by atoms with Gasteiger partial charge in [0.05, 0.1) is 6.61 Å². The summed E-state index contributed by atoms with van der Waals surface area (Å²) in [7, 11) is 0. The van der Waals surface area contributed by atoms with E-state index in [-0.39, 0.29) is 0 Å². The number of unbranched alkanes of at least 4 members (excludes halogenated alkanes) is 2. The predicted octanol–water partition coefficient (Wildman–Crippen LogP) is 3.60. The van der Waals surface area contributed by atoms with E-state index in [0.29, 0.717) is 6.61 Å². The van der Waals surface area contributed by atoms with Crippen LogP contribution in [0, 0.1) is 19.3 Å². The maximum absolute atomic E-state index is 5.66. The number of terminal acetylenes is 1. The Morgan fingerprint density at radius 1 is 0.857 bits per heavy atom. The highest BCUT2D eigenvalue weighted by Crippen LogP contribution is 2.11. The summed E-state index contributed by atoms with van der Waals surface area (Å²) in [6.45, 7) is 5.52. The van der Waals surface area contributed by atoms with Crippen molar-refractivity contribution in [3.8, 4) is 18.1 Å². The average Bonchev–Trinajstić information content (AvgIpc) is 2.50. The van der Waals surface area contributed by atoms with Gasteiger partial charge in [-0.25, -0.2) is 0 Å². The van der Waals surface area contributed by atoms with Gasteiger partial charge in [-0.2, -0.15) is 0 Å². The van der Waals surface area contributed by atoms with Crippen molar-refractivity contribution in [1.82, 2.24) is 0 Å². The number of benzene rings is 1. The van der Waals surface area contributed by atoms with Gasteiger partial charge in [-0.15, -0.1) is 6.42 Å². The molecule has 0 amide bonds. The second kappa shape index (κ2) is 12.3. The standard InChI is InChI=1S/C18H26O3/c1-3-12-19-13-4-5-14-20-15-6-7-16-21-18-10-8-17(2)9-11-18/h1,8-11H,4-7,12-16H2,2H3. The molecule has 21 heavy (non-hydrogen) atoms. The summed E-state index contributed by atoms with van der Waals surface area (Å²) < 4.78 is 16.4. The molecule has 0 spiro atoms. The Morgan fingerprint density at radius 3 is 2.05 bits per heavy atom. The van der Waals surface area contributed by atoms with E-state index < -0.39 is 0 Å². The molecule has 0 fully saturated rings. The molecule has 0 N–H and O–H groups in total. The van der Waals surface area contributed by atoms with E-state index in [1.165, 1.54) is 5.56 Å². The van der Waals surface area contributed by atoms with Crippen LogP contribution in [-0.4, -0.2) is 33.0 Å². The molecule has 0 radical (unpaired) electrons. The minimum atomic E-state index is 0.405. The molecular weight excluding hydrogens is 264 g/mol. The third-order valence-electron chi connectivity index (χ3n) is 2.99. The summed E-state index contributed by atoms with van der Waals surface area (Å²) in [6, 6.07) is 8.14. The highest BCUT2D eigenvalue weighted by Gasteiger charge is 1.95. The van der Waals surface area contributed by atoms with Crippen LogP contribution in [-0.2, 0) is 9.47 Å². The summed E-state index contributed by atoms with van der Waals surface area (Å²) >= 11 is 0. The summed E-state index contributed by atoms with van der Waals surface area (Å²) in [6.07, 6.45) is 9.14. The van der Waals surface area contributed by atoms with E-state index in [2.05, 4.69) is 25.0 Å². The number of hydrogen-bond donors (Lipinski definition) is 0. The van der Waals surface area contributed by atoms with Crippen molar-refractivity contribution >= 4 is 0 Å². The average molecular weight is 290 g/mol. The molecular formula is C18H26O3. The van der Waals surface area contributed by atoms with Crippen molar-refractivity contribution in [2.75, 3.05) is 33.0 Å². The molecule has 0 aliphatic carbocycles. The molecule has 0 aliphatic rings. The Morgan fingerprint density at radius 2 is 1.43 bits per heavy atom. The maximum atomic E-state index is 5.66. The Bertz CT molecular complexity index is 392. The molecule has 1 aromatic rings. The fraction of sp³-hybridized carbons (Fsp3) is 0.556. The number of hydrogen-bond acceptors (Lipinski definition) is 3. The van der Waals surface area contributed by atoms with Crippen LogP contribution in [0.4, 0.5) is 0 Å². The number of ether oxygens (including phenoxy) is 3. The lowest BCUT2D eigenvalue weighted by atomic mass is 10.2. The predicted molar refractivity (Wildman–Crippen MR) is 85.6 cm³/mol. The minimum Gasteiger partial charge on any atom is -0.494 e. The van der Waals surface area contributed by atoms with Gasteiger partial charge in [0.2, 0.25) is 0 Å². The topological polar surface area (TPSA) is 27.7 Å². The quantitative estimate of drug-likeness (QED) is 0.435. The van der Waals surface area contributed by atoms with Crippen LogP contribution >= 0.6 is 0 Å². The third-order valence-corrected chi connectivity index (χ3v) is 2.99. The molecule has 0 heterocycles. The Balaban J connectivity index is 1.82. The molecule has 0 unspecified atom stereocenters. The van der Waals surface area contributed by atoms with Gasteiger partial charge in [-0.3, -0.25) is 0 Å². The first-order chi connectivity index (χ1) is 10.3. The molecule has 116 valence electrons. The van der Waals surface area contributed by atoms with Gasteiger partial charge in [0.15, 0.2) is 0 Å². The van der Waals surface area contributed by atoms with E-state index in [0.717, 1.165) is 57.9 Å². The SMILES string of the molecule is C#CCOCCCCOCCCCOc1ccc(C)cc1.